The molecule has 0 saturated carbocycles. The molecule has 2 heterocycles. The van der Waals surface area contributed by atoms with Crippen molar-refractivity contribution in [2.24, 2.45) is 4.99 Å². The standard InChI is InChI=1S/C31H20N2/c1-2-8-20(9-3-1)29(30-27-16-23-12-6-4-10-21(23)14-25(27)18-32-30)31-28-17-24-13-7-5-11-22(24)15-26(28)19-33-31/h1-19,32H. The molecule has 0 fully saturated rings. The number of aromatic amines is 1. The van der Waals surface area contributed by atoms with Crippen LogP contribution in [0.3, 0.4) is 0 Å². The lowest BCUT2D eigenvalue weighted by molar-refractivity contribution is 1.35. The molecule has 0 atom stereocenters. The highest BCUT2D eigenvalue weighted by atomic mass is 14.8. The fourth-order valence-corrected chi connectivity index (χ4v) is 5.01. The molecule has 0 unspecified atom stereocenters. The summed E-state index contributed by atoms with van der Waals surface area (Å²) in [7, 11) is 0. The van der Waals surface area contributed by atoms with Gasteiger partial charge in [-0.3, -0.25) is 4.99 Å². The van der Waals surface area contributed by atoms with Crippen LogP contribution in [0.1, 0.15) is 22.4 Å². The molecule has 2 heteroatoms. The van der Waals surface area contributed by atoms with Gasteiger partial charge in [0.15, 0.2) is 0 Å². The molecule has 1 aromatic heterocycles. The summed E-state index contributed by atoms with van der Waals surface area (Å²) in [6.45, 7) is 0. The molecule has 2 nitrogen and oxygen atoms in total. The van der Waals surface area contributed by atoms with Gasteiger partial charge in [-0.1, -0.05) is 78.9 Å². The monoisotopic (exact) mass is 420 g/mol. The van der Waals surface area contributed by atoms with Gasteiger partial charge in [0.2, 0.25) is 0 Å². The zero-order chi connectivity index (χ0) is 21.8. The van der Waals surface area contributed by atoms with E-state index in [0.29, 0.717) is 0 Å². The lowest BCUT2D eigenvalue weighted by Crippen LogP contribution is -1.94. The summed E-state index contributed by atoms with van der Waals surface area (Å²) in [5, 5.41) is 7.38. The van der Waals surface area contributed by atoms with Crippen LogP contribution in [0.2, 0.25) is 0 Å². The molecule has 0 spiro atoms. The number of H-pyrrole nitrogens is 1. The summed E-state index contributed by atoms with van der Waals surface area (Å²) in [6, 6.07) is 36.7. The van der Waals surface area contributed by atoms with Crippen molar-refractivity contribution in [3.05, 3.63) is 132 Å². The molecular weight excluding hydrogens is 400 g/mol. The van der Waals surface area contributed by atoms with Gasteiger partial charge in [-0.05, 0) is 51.4 Å². The van der Waals surface area contributed by atoms with Gasteiger partial charge in [0.1, 0.15) is 0 Å². The third kappa shape index (κ3) is 2.85. The second-order valence-corrected chi connectivity index (χ2v) is 8.58. The third-order valence-corrected chi connectivity index (χ3v) is 6.61. The predicted molar refractivity (Wildman–Crippen MR) is 140 cm³/mol. The van der Waals surface area contributed by atoms with Crippen LogP contribution in [0.15, 0.2) is 114 Å². The maximum absolute atomic E-state index is 4.96. The zero-order valence-corrected chi connectivity index (χ0v) is 17.9. The summed E-state index contributed by atoms with van der Waals surface area (Å²) >= 11 is 0. The molecular formula is C31H20N2. The van der Waals surface area contributed by atoms with E-state index in [1.807, 2.05) is 6.21 Å². The minimum atomic E-state index is 1.01. The second-order valence-electron chi connectivity index (χ2n) is 8.58. The van der Waals surface area contributed by atoms with Crippen LogP contribution in [-0.4, -0.2) is 11.2 Å². The molecule has 33 heavy (non-hydrogen) atoms. The SMILES string of the molecule is C1=NC(=C(c2ccccc2)c2[nH]cc3cc4ccccc4cc23)c2cc3ccccc3cc21. The number of rotatable bonds is 2. The zero-order valence-electron chi connectivity index (χ0n) is 17.9. The Hall–Kier alpha value is -4.43. The summed E-state index contributed by atoms with van der Waals surface area (Å²) < 4.78 is 0. The van der Waals surface area contributed by atoms with Crippen molar-refractivity contribution in [3.63, 3.8) is 0 Å². The first-order valence-corrected chi connectivity index (χ1v) is 11.2. The molecule has 1 aliphatic rings. The molecule has 0 radical (unpaired) electrons. The average Bonchev–Trinajstić information content (AvgIpc) is 3.46. The molecule has 154 valence electrons. The maximum Gasteiger partial charge on any atom is 0.0808 e. The minimum absolute atomic E-state index is 1.01. The Balaban J connectivity index is 1.56. The van der Waals surface area contributed by atoms with Crippen molar-refractivity contribution < 1.29 is 0 Å². The van der Waals surface area contributed by atoms with Crippen molar-refractivity contribution in [2.75, 3.05) is 0 Å². The van der Waals surface area contributed by atoms with Crippen molar-refractivity contribution in [3.8, 4) is 0 Å². The Morgan fingerprint density at radius 2 is 1.24 bits per heavy atom. The van der Waals surface area contributed by atoms with Gasteiger partial charge >= 0.3 is 0 Å². The quantitative estimate of drug-likeness (QED) is 0.296. The van der Waals surface area contributed by atoms with E-state index in [2.05, 4.69) is 114 Å². The van der Waals surface area contributed by atoms with Gasteiger partial charge in [0.25, 0.3) is 0 Å². The fourth-order valence-electron chi connectivity index (χ4n) is 5.01. The van der Waals surface area contributed by atoms with Crippen LogP contribution in [0, 0.1) is 0 Å². The summed E-state index contributed by atoms with van der Waals surface area (Å²) in [5.41, 5.74) is 6.75. The molecule has 6 aromatic rings. The van der Waals surface area contributed by atoms with Gasteiger partial charge in [-0.2, -0.15) is 0 Å². The number of aromatic nitrogens is 1. The molecule has 5 aromatic carbocycles. The maximum atomic E-state index is 4.96. The molecule has 0 bridgehead atoms. The van der Waals surface area contributed by atoms with E-state index in [1.165, 1.54) is 43.4 Å². The number of hydrogen-bond acceptors (Lipinski definition) is 1. The van der Waals surface area contributed by atoms with Gasteiger partial charge in [-0.15, -0.1) is 0 Å². The highest BCUT2D eigenvalue weighted by Crippen LogP contribution is 2.40. The van der Waals surface area contributed by atoms with Crippen LogP contribution in [0.25, 0.3) is 43.6 Å². The van der Waals surface area contributed by atoms with Gasteiger partial charge < -0.3 is 4.98 Å². The number of benzene rings is 5. The van der Waals surface area contributed by atoms with Crippen molar-refractivity contribution in [1.29, 1.82) is 0 Å². The van der Waals surface area contributed by atoms with E-state index in [-0.39, 0.29) is 0 Å². The molecule has 0 aliphatic carbocycles. The summed E-state index contributed by atoms with van der Waals surface area (Å²) in [5.74, 6) is 0. The van der Waals surface area contributed by atoms with E-state index in [1.54, 1.807) is 0 Å². The fraction of sp³-hybridized carbons (Fsp3) is 0. The van der Waals surface area contributed by atoms with Gasteiger partial charge in [-0.25, -0.2) is 0 Å². The highest BCUT2D eigenvalue weighted by molar-refractivity contribution is 6.14. The van der Waals surface area contributed by atoms with Crippen molar-refractivity contribution in [1.82, 2.24) is 4.98 Å². The number of hydrogen-bond donors (Lipinski definition) is 1. The van der Waals surface area contributed by atoms with Crippen molar-refractivity contribution in [2.45, 2.75) is 0 Å². The number of fused-ring (bicyclic) bond motifs is 4. The molecule has 0 saturated heterocycles. The normalized spacial score (nSPS) is 14.3. The van der Waals surface area contributed by atoms with Gasteiger partial charge in [0.05, 0.1) is 11.4 Å². The van der Waals surface area contributed by atoms with E-state index in [9.17, 15) is 0 Å². The smallest absolute Gasteiger partial charge is 0.0808 e. The van der Waals surface area contributed by atoms with Gasteiger partial charge in [0, 0.05) is 39.9 Å². The Morgan fingerprint density at radius 3 is 2.00 bits per heavy atom. The van der Waals surface area contributed by atoms with Crippen molar-refractivity contribution >= 4 is 49.8 Å². The van der Waals surface area contributed by atoms with Crippen LogP contribution in [0.4, 0.5) is 0 Å². The molecule has 0 amide bonds. The minimum Gasteiger partial charge on any atom is -0.360 e. The molecule has 1 N–H and O–H groups in total. The lowest BCUT2D eigenvalue weighted by Gasteiger charge is -2.13. The number of nitrogens with one attached hydrogen (secondary N) is 1. The summed E-state index contributed by atoms with van der Waals surface area (Å²) in [4.78, 5) is 8.56. The predicted octanol–water partition coefficient (Wildman–Crippen LogP) is 7.82. The topological polar surface area (TPSA) is 28.1 Å². The van der Waals surface area contributed by atoms with Crippen LogP contribution < -0.4 is 0 Å². The van der Waals surface area contributed by atoms with Crippen LogP contribution in [0.5, 0.6) is 0 Å². The summed E-state index contributed by atoms with van der Waals surface area (Å²) in [6.07, 6.45) is 4.11. The van der Waals surface area contributed by atoms with E-state index < -0.39 is 0 Å². The van der Waals surface area contributed by atoms with E-state index in [0.717, 1.165) is 22.5 Å². The first kappa shape index (κ1) is 18.2. The Morgan fingerprint density at radius 1 is 0.606 bits per heavy atom. The third-order valence-electron chi connectivity index (χ3n) is 6.61. The van der Waals surface area contributed by atoms with E-state index in [4.69, 9.17) is 4.99 Å². The Labute approximate surface area is 191 Å². The first-order valence-electron chi connectivity index (χ1n) is 11.2. The first-order chi connectivity index (χ1) is 16.3. The number of nitrogens with zero attached hydrogens (tertiary/aromatic N) is 1. The van der Waals surface area contributed by atoms with E-state index >= 15 is 0 Å². The van der Waals surface area contributed by atoms with Crippen LogP contribution in [-0.2, 0) is 0 Å². The lowest BCUT2D eigenvalue weighted by atomic mass is 9.93. The highest BCUT2D eigenvalue weighted by Gasteiger charge is 2.22. The number of aliphatic imine (C=N–C) groups is 1. The molecule has 7 rings (SSSR count). The molecule has 1 aliphatic heterocycles. The van der Waals surface area contributed by atoms with Crippen LogP contribution >= 0.6 is 0 Å². The Bertz CT molecular complexity index is 1750. The Kier molecular flexibility index (Phi) is 3.88. The average molecular weight is 421 g/mol. The second kappa shape index (κ2) is 7.04. The largest absolute Gasteiger partial charge is 0.360 e.